The van der Waals surface area contributed by atoms with Crippen LogP contribution in [0.5, 0.6) is 5.75 Å². The monoisotopic (exact) mass is 445 g/mol. The van der Waals surface area contributed by atoms with Crippen molar-refractivity contribution in [2.75, 3.05) is 43.1 Å². The zero-order valence-corrected chi connectivity index (χ0v) is 18.6. The number of nitrogens with zero attached hydrogens (tertiary/aromatic N) is 2. The number of aromatic amines is 1. The Bertz CT molecular complexity index is 1290. The first-order chi connectivity index (χ1) is 15.6. The van der Waals surface area contributed by atoms with Crippen LogP contribution < -0.4 is 20.1 Å². The topological polar surface area (TPSA) is 48.6 Å². The molecule has 1 saturated heterocycles. The highest BCUT2D eigenvalue weighted by Crippen LogP contribution is 2.36. The average Bonchev–Trinajstić information content (AvgIpc) is 2.84. The molecule has 0 spiro atoms. The minimum Gasteiger partial charge on any atom is -0.497 e. The van der Waals surface area contributed by atoms with Crippen molar-refractivity contribution in [1.29, 1.82) is 0 Å². The molecule has 0 amide bonds. The minimum absolute atomic E-state index is 0.0726. The van der Waals surface area contributed by atoms with E-state index in [0.717, 1.165) is 59.6 Å². The number of fused-ring (bicyclic) bond motifs is 1. The van der Waals surface area contributed by atoms with E-state index in [1.165, 1.54) is 0 Å². The number of methoxy groups -OCH3 is 1. The van der Waals surface area contributed by atoms with Crippen LogP contribution in [0.4, 0.5) is 11.4 Å². The highest BCUT2D eigenvalue weighted by Gasteiger charge is 2.24. The number of halogens is 1. The molecule has 0 bridgehead atoms. The predicted octanol–water partition coefficient (Wildman–Crippen LogP) is 5.18. The van der Waals surface area contributed by atoms with Gasteiger partial charge in [-0.3, -0.25) is 4.79 Å². The van der Waals surface area contributed by atoms with E-state index in [1.54, 1.807) is 7.11 Å². The molecule has 32 heavy (non-hydrogen) atoms. The lowest BCUT2D eigenvalue weighted by molar-refractivity contribution is 0.415. The van der Waals surface area contributed by atoms with E-state index < -0.39 is 0 Å². The van der Waals surface area contributed by atoms with Gasteiger partial charge in [-0.2, -0.15) is 0 Å². The number of nitrogens with one attached hydrogen (secondary N) is 1. The molecule has 0 radical (unpaired) electrons. The van der Waals surface area contributed by atoms with Gasteiger partial charge in [0.05, 0.1) is 7.11 Å². The van der Waals surface area contributed by atoms with E-state index in [1.807, 2.05) is 60.7 Å². The fourth-order valence-corrected chi connectivity index (χ4v) is 4.61. The molecule has 4 aromatic rings. The van der Waals surface area contributed by atoms with Gasteiger partial charge in [0.2, 0.25) is 0 Å². The average molecular weight is 446 g/mol. The van der Waals surface area contributed by atoms with Crippen LogP contribution in [0.2, 0.25) is 5.02 Å². The highest BCUT2D eigenvalue weighted by molar-refractivity contribution is 6.31. The van der Waals surface area contributed by atoms with Gasteiger partial charge in [0.15, 0.2) is 0 Å². The SMILES string of the molecule is COc1ccc(N2CCN(c3c(-c4ccccc4)c4cc(Cl)ccc4[nH]c3=O)CC2)cc1. The Kier molecular flexibility index (Phi) is 5.50. The smallest absolute Gasteiger partial charge is 0.272 e. The number of hydrogen-bond acceptors (Lipinski definition) is 4. The summed E-state index contributed by atoms with van der Waals surface area (Å²) in [5, 5.41) is 1.60. The fraction of sp³-hybridized carbons (Fsp3) is 0.192. The van der Waals surface area contributed by atoms with Crippen LogP contribution in [0.3, 0.4) is 0 Å². The number of ether oxygens (including phenoxy) is 1. The van der Waals surface area contributed by atoms with Crippen molar-refractivity contribution >= 4 is 33.9 Å². The Morgan fingerprint density at radius 3 is 2.25 bits per heavy atom. The molecule has 6 heteroatoms. The summed E-state index contributed by atoms with van der Waals surface area (Å²) in [6.45, 7) is 3.16. The summed E-state index contributed by atoms with van der Waals surface area (Å²) in [6.07, 6.45) is 0. The van der Waals surface area contributed by atoms with Crippen molar-refractivity contribution in [3.63, 3.8) is 0 Å². The molecule has 3 aromatic carbocycles. The van der Waals surface area contributed by atoms with Gasteiger partial charge in [-0.05, 0) is 48.0 Å². The molecule has 0 aliphatic carbocycles. The third-order valence-corrected chi connectivity index (χ3v) is 6.28. The summed E-state index contributed by atoms with van der Waals surface area (Å²) in [5.41, 5.74) is 4.53. The predicted molar refractivity (Wildman–Crippen MR) is 132 cm³/mol. The van der Waals surface area contributed by atoms with Crippen LogP contribution in [-0.2, 0) is 0 Å². The van der Waals surface area contributed by atoms with Crippen molar-refractivity contribution in [3.05, 3.63) is 88.2 Å². The first-order valence-electron chi connectivity index (χ1n) is 10.7. The third kappa shape index (κ3) is 3.80. The Hall–Kier alpha value is -3.44. The fourth-order valence-electron chi connectivity index (χ4n) is 4.43. The molecule has 1 aliphatic heterocycles. The largest absolute Gasteiger partial charge is 0.497 e. The lowest BCUT2D eigenvalue weighted by Gasteiger charge is -2.38. The van der Waals surface area contributed by atoms with Crippen molar-refractivity contribution in [2.45, 2.75) is 0 Å². The van der Waals surface area contributed by atoms with Gasteiger partial charge in [0.1, 0.15) is 11.4 Å². The summed E-state index contributed by atoms with van der Waals surface area (Å²) in [4.78, 5) is 20.9. The van der Waals surface area contributed by atoms with Gasteiger partial charge in [0, 0.05) is 53.4 Å². The second-order valence-corrected chi connectivity index (χ2v) is 8.34. The van der Waals surface area contributed by atoms with Crippen LogP contribution >= 0.6 is 11.6 Å². The molecule has 0 saturated carbocycles. The second-order valence-electron chi connectivity index (χ2n) is 7.91. The quantitative estimate of drug-likeness (QED) is 0.470. The molecular weight excluding hydrogens is 422 g/mol. The summed E-state index contributed by atoms with van der Waals surface area (Å²) in [6, 6.07) is 23.8. The van der Waals surface area contributed by atoms with Crippen LogP contribution in [-0.4, -0.2) is 38.3 Å². The maximum absolute atomic E-state index is 13.3. The summed E-state index contributed by atoms with van der Waals surface area (Å²) < 4.78 is 5.27. The zero-order valence-electron chi connectivity index (χ0n) is 17.8. The lowest BCUT2D eigenvalue weighted by atomic mass is 9.98. The Labute approximate surface area is 191 Å². The zero-order chi connectivity index (χ0) is 22.1. The minimum atomic E-state index is -0.0726. The number of pyridine rings is 1. The van der Waals surface area contributed by atoms with E-state index in [4.69, 9.17) is 16.3 Å². The van der Waals surface area contributed by atoms with E-state index in [9.17, 15) is 4.79 Å². The molecule has 1 aliphatic rings. The molecule has 1 fully saturated rings. The number of H-pyrrole nitrogens is 1. The molecule has 162 valence electrons. The number of anilines is 2. The third-order valence-electron chi connectivity index (χ3n) is 6.05. The molecular formula is C26H24ClN3O2. The molecule has 5 rings (SSSR count). The lowest BCUT2D eigenvalue weighted by Crippen LogP contribution is -2.48. The first-order valence-corrected chi connectivity index (χ1v) is 11.1. The molecule has 5 nitrogen and oxygen atoms in total. The van der Waals surface area contributed by atoms with Crippen molar-refractivity contribution in [2.24, 2.45) is 0 Å². The van der Waals surface area contributed by atoms with Gasteiger partial charge in [-0.15, -0.1) is 0 Å². The standard InChI is InChI=1S/C26H24ClN3O2/c1-32-21-10-8-20(9-11-21)29-13-15-30(16-14-29)25-24(18-5-3-2-4-6-18)22-17-19(27)7-12-23(22)28-26(25)31/h2-12,17H,13-16H2,1H3,(H,28,31). The maximum atomic E-state index is 13.3. The van der Waals surface area contributed by atoms with Crippen LogP contribution in [0, 0.1) is 0 Å². The number of benzene rings is 3. The van der Waals surface area contributed by atoms with Crippen LogP contribution in [0.15, 0.2) is 77.6 Å². The van der Waals surface area contributed by atoms with E-state index in [0.29, 0.717) is 10.7 Å². The second kappa shape index (κ2) is 8.60. The van der Waals surface area contributed by atoms with Crippen molar-refractivity contribution < 1.29 is 4.74 Å². The van der Waals surface area contributed by atoms with Gasteiger partial charge >= 0.3 is 0 Å². The maximum Gasteiger partial charge on any atom is 0.272 e. The number of hydrogen-bond donors (Lipinski definition) is 1. The Morgan fingerprint density at radius 2 is 1.56 bits per heavy atom. The van der Waals surface area contributed by atoms with Crippen molar-refractivity contribution in [1.82, 2.24) is 4.98 Å². The van der Waals surface area contributed by atoms with Crippen molar-refractivity contribution in [3.8, 4) is 16.9 Å². The highest BCUT2D eigenvalue weighted by atomic mass is 35.5. The molecule has 1 aromatic heterocycles. The first kappa shape index (κ1) is 20.5. The molecule has 2 heterocycles. The van der Waals surface area contributed by atoms with Gasteiger partial charge in [-0.1, -0.05) is 41.9 Å². The summed E-state index contributed by atoms with van der Waals surface area (Å²) >= 11 is 6.34. The van der Waals surface area contributed by atoms with Crippen LogP contribution in [0.1, 0.15) is 0 Å². The van der Waals surface area contributed by atoms with Gasteiger partial charge < -0.3 is 19.5 Å². The number of piperazine rings is 1. The number of rotatable bonds is 4. The normalized spacial score (nSPS) is 14.1. The van der Waals surface area contributed by atoms with Crippen LogP contribution in [0.25, 0.3) is 22.0 Å². The Morgan fingerprint density at radius 1 is 0.875 bits per heavy atom. The molecule has 0 atom stereocenters. The molecule has 0 unspecified atom stereocenters. The van der Waals surface area contributed by atoms with Gasteiger partial charge in [0.25, 0.3) is 5.56 Å². The summed E-state index contributed by atoms with van der Waals surface area (Å²) in [5.74, 6) is 0.848. The molecule has 1 N–H and O–H groups in total. The van der Waals surface area contributed by atoms with E-state index in [-0.39, 0.29) is 5.56 Å². The number of aromatic nitrogens is 1. The summed E-state index contributed by atoms with van der Waals surface area (Å²) in [7, 11) is 1.67. The van der Waals surface area contributed by atoms with E-state index in [2.05, 4.69) is 26.9 Å². The van der Waals surface area contributed by atoms with Gasteiger partial charge in [-0.25, -0.2) is 0 Å². The van der Waals surface area contributed by atoms with E-state index >= 15 is 0 Å². The Balaban J connectivity index is 1.53.